The summed E-state index contributed by atoms with van der Waals surface area (Å²) in [5.41, 5.74) is -0.0552. The Hall–Kier alpha value is -2.38. The van der Waals surface area contributed by atoms with E-state index in [1.165, 1.54) is 0 Å². The minimum atomic E-state index is -0.0552. The van der Waals surface area contributed by atoms with Crippen molar-refractivity contribution in [1.29, 1.82) is 0 Å². The van der Waals surface area contributed by atoms with Gasteiger partial charge in [0.2, 0.25) is 11.8 Å². The van der Waals surface area contributed by atoms with Gasteiger partial charge in [-0.15, -0.1) is 0 Å². The number of rotatable bonds is 5. The van der Waals surface area contributed by atoms with E-state index in [4.69, 9.17) is 8.94 Å². The second-order valence-electron chi connectivity index (χ2n) is 6.15. The van der Waals surface area contributed by atoms with Crippen LogP contribution in [0.25, 0.3) is 0 Å². The van der Waals surface area contributed by atoms with Gasteiger partial charge >= 0.3 is 0 Å². The maximum Gasteiger partial charge on any atom is 0.223 e. The molecule has 0 atom stereocenters. The lowest BCUT2D eigenvalue weighted by molar-refractivity contribution is 0.379. The Morgan fingerprint density at radius 3 is 2.65 bits per heavy atom. The fraction of sp³-hybridized carbons (Fsp3) is 0.600. The molecule has 0 saturated carbocycles. The lowest BCUT2D eigenvalue weighted by atomic mass is 9.94. The second-order valence-corrected chi connectivity index (χ2v) is 6.15. The van der Waals surface area contributed by atoms with Gasteiger partial charge in [0.05, 0.1) is 12.7 Å². The first-order valence-electron chi connectivity index (χ1n) is 7.65. The van der Waals surface area contributed by atoms with E-state index in [1.807, 2.05) is 6.92 Å². The van der Waals surface area contributed by atoms with Crippen molar-refractivity contribution in [1.82, 2.24) is 25.8 Å². The zero-order chi connectivity index (χ0) is 16.9. The van der Waals surface area contributed by atoms with E-state index in [9.17, 15) is 0 Å². The number of oxazole rings is 1. The minimum Gasteiger partial charge on any atom is -0.443 e. The number of aromatic nitrogens is 3. The molecule has 23 heavy (non-hydrogen) atoms. The van der Waals surface area contributed by atoms with Crippen molar-refractivity contribution in [3.05, 3.63) is 29.6 Å². The fourth-order valence-electron chi connectivity index (χ4n) is 1.80. The third-order valence-electron chi connectivity index (χ3n) is 2.99. The topological polar surface area (TPSA) is 101 Å². The maximum absolute atomic E-state index is 5.75. The van der Waals surface area contributed by atoms with Crippen LogP contribution in [0.1, 0.15) is 51.1 Å². The SMILES string of the molecule is CCNC(=NCc1noc(C)n1)NCc1ncc(C(C)(C)C)o1. The van der Waals surface area contributed by atoms with Crippen LogP contribution in [0.5, 0.6) is 0 Å². The van der Waals surface area contributed by atoms with Crippen molar-refractivity contribution < 1.29 is 8.94 Å². The van der Waals surface area contributed by atoms with E-state index in [1.54, 1.807) is 13.1 Å². The van der Waals surface area contributed by atoms with Crippen LogP contribution < -0.4 is 10.6 Å². The maximum atomic E-state index is 5.75. The molecule has 2 heterocycles. The van der Waals surface area contributed by atoms with Gasteiger partial charge in [0.15, 0.2) is 11.8 Å². The van der Waals surface area contributed by atoms with Crippen molar-refractivity contribution in [3.63, 3.8) is 0 Å². The van der Waals surface area contributed by atoms with E-state index in [0.717, 1.165) is 12.3 Å². The molecular weight excluding hydrogens is 296 g/mol. The van der Waals surface area contributed by atoms with Crippen LogP contribution >= 0.6 is 0 Å². The molecule has 2 aromatic rings. The monoisotopic (exact) mass is 320 g/mol. The van der Waals surface area contributed by atoms with Crippen LogP contribution in [0.15, 0.2) is 20.1 Å². The predicted molar refractivity (Wildman–Crippen MR) is 85.9 cm³/mol. The average molecular weight is 320 g/mol. The lowest BCUT2D eigenvalue weighted by Gasteiger charge is -2.13. The Morgan fingerprint density at radius 2 is 2.09 bits per heavy atom. The van der Waals surface area contributed by atoms with Crippen molar-refractivity contribution in [3.8, 4) is 0 Å². The summed E-state index contributed by atoms with van der Waals surface area (Å²) in [7, 11) is 0. The van der Waals surface area contributed by atoms with E-state index in [0.29, 0.717) is 36.7 Å². The van der Waals surface area contributed by atoms with E-state index >= 15 is 0 Å². The zero-order valence-corrected chi connectivity index (χ0v) is 14.3. The summed E-state index contributed by atoms with van der Waals surface area (Å²) in [5, 5.41) is 10.1. The normalized spacial score (nSPS) is 12.5. The van der Waals surface area contributed by atoms with Crippen molar-refractivity contribution >= 4 is 5.96 Å². The van der Waals surface area contributed by atoms with Crippen molar-refractivity contribution in [2.45, 2.75) is 53.1 Å². The number of nitrogens with one attached hydrogen (secondary N) is 2. The van der Waals surface area contributed by atoms with Gasteiger partial charge in [-0.2, -0.15) is 4.98 Å². The molecule has 0 aliphatic rings. The molecule has 2 rings (SSSR count). The molecule has 0 unspecified atom stereocenters. The second kappa shape index (κ2) is 7.26. The van der Waals surface area contributed by atoms with Gasteiger partial charge in [-0.1, -0.05) is 25.9 Å². The van der Waals surface area contributed by atoms with Gasteiger partial charge in [-0.3, -0.25) is 0 Å². The Bertz CT molecular complexity index is 653. The molecule has 8 heteroatoms. The average Bonchev–Trinajstić information content (AvgIpc) is 3.10. The molecular formula is C15H24N6O2. The van der Waals surface area contributed by atoms with Crippen molar-refractivity contribution in [2.24, 2.45) is 4.99 Å². The molecule has 0 radical (unpaired) electrons. The first-order chi connectivity index (χ1) is 10.9. The van der Waals surface area contributed by atoms with E-state index < -0.39 is 0 Å². The highest BCUT2D eigenvalue weighted by Crippen LogP contribution is 2.22. The third kappa shape index (κ3) is 5.08. The number of aliphatic imine (C=N–C) groups is 1. The Balaban J connectivity index is 1.95. The summed E-state index contributed by atoms with van der Waals surface area (Å²) in [4.78, 5) is 12.8. The lowest BCUT2D eigenvalue weighted by Crippen LogP contribution is -2.36. The minimum absolute atomic E-state index is 0.0552. The van der Waals surface area contributed by atoms with Crippen LogP contribution in [0.3, 0.4) is 0 Å². The van der Waals surface area contributed by atoms with Crippen LogP contribution in [0.4, 0.5) is 0 Å². The predicted octanol–water partition coefficient (Wildman–Crippen LogP) is 1.92. The molecule has 0 spiro atoms. The highest BCUT2D eigenvalue weighted by molar-refractivity contribution is 5.79. The summed E-state index contributed by atoms with van der Waals surface area (Å²) < 4.78 is 10.7. The highest BCUT2D eigenvalue weighted by atomic mass is 16.5. The number of hydrogen-bond donors (Lipinski definition) is 2. The molecule has 2 N–H and O–H groups in total. The molecule has 126 valence electrons. The molecule has 0 amide bonds. The van der Waals surface area contributed by atoms with Crippen LogP contribution in [-0.2, 0) is 18.5 Å². The Labute approximate surface area is 135 Å². The van der Waals surface area contributed by atoms with Crippen molar-refractivity contribution in [2.75, 3.05) is 6.54 Å². The molecule has 0 aliphatic carbocycles. The van der Waals surface area contributed by atoms with E-state index in [2.05, 4.69) is 51.5 Å². The van der Waals surface area contributed by atoms with Gasteiger partial charge in [-0.05, 0) is 6.92 Å². The molecule has 0 aliphatic heterocycles. The largest absolute Gasteiger partial charge is 0.443 e. The quantitative estimate of drug-likeness (QED) is 0.641. The molecule has 0 saturated heterocycles. The summed E-state index contributed by atoms with van der Waals surface area (Å²) in [6.07, 6.45) is 1.77. The van der Waals surface area contributed by atoms with Gasteiger partial charge in [0, 0.05) is 18.9 Å². The Kier molecular flexibility index (Phi) is 5.36. The summed E-state index contributed by atoms with van der Waals surface area (Å²) >= 11 is 0. The summed E-state index contributed by atoms with van der Waals surface area (Å²) in [6, 6.07) is 0. The van der Waals surface area contributed by atoms with Gasteiger partial charge in [-0.25, -0.2) is 9.98 Å². The van der Waals surface area contributed by atoms with Gasteiger partial charge in [0.1, 0.15) is 12.3 Å². The molecule has 2 aromatic heterocycles. The van der Waals surface area contributed by atoms with Crippen LogP contribution in [0, 0.1) is 6.92 Å². The van der Waals surface area contributed by atoms with E-state index in [-0.39, 0.29) is 5.41 Å². The zero-order valence-electron chi connectivity index (χ0n) is 14.3. The first-order valence-corrected chi connectivity index (χ1v) is 7.65. The molecule has 8 nitrogen and oxygen atoms in total. The number of hydrogen-bond acceptors (Lipinski definition) is 6. The van der Waals surface area contributed by atoms with Crippen LogP contribution in [0.2, 0.25) is 0 Å². The number of aryl methyl sites for hydroxylation is 1. The fourth-order valence-corrected chi connectivity index (χ4v) is 1.80. The number of nitrogens with zero attached hydrogens (tertiary/aromatic N) is 4. The smallest absolute Gasteiger partial charge is 0.223 e. The standard InChI is InChI=1S/C15H24N6O2/c1-6-16-14(18-8-12-20-10(2)23-21-12)19-9-13-17-7-11(22-13)15(3,4)5/h7H,6,8-9H2,1-5H3,(H2,16,18,19). The Morgan fingerprint density at radius 1 is 1.30 bits per heavy atom. The molecule has 0 bridgehead atoms. The highest BCUT2D eigenvalue weighted by Gasteiger charge is 2.19. The number of guanidine groups is 1. The molecule has 0 aromatic carbocycles. The molecule has 0 fully saturated rings. The third-order valence-corrected chi connectivity index (χ3v) is 2.99. The van der Waals surface area contributed by atoms with Gasteiger partial charge in [0.25, 0.3) is 0 Å². The summed E-state index contributed by atoms with van der Waals surface area (Å²) in [6.45, 7) is 11.5. The first kappa shape index (κ1) is 17.0. The van der Waals surface area contributed by atoms with Gasteiger partial charge < -0.3 is 19.6 Å². The van der Waals surface area contributed by atoms with Crippen LogP contribution in [-0.4, -0.2) is 27.6 Å². The summed E-state index contributed by atoms with van der Waals surface area (Å²) in [5.74, 6) is 3.20.